The number of aliphatic hydroxyl groups excluding tert-OH is 1. The molecule has 4 fully saturated rings. The van der Waals surface area contributed by atoms with Crippen molar-refractivity contribution in [2.45, 2.75) is 91.1 Å². The molecule has 1 N–H and O–H groups in total. The van der Waals surface area contributed by atoms with Crippen LogP contribution in [0.4, 0.5) is 0 Å². The van der Waals surface area contributed by atoms with E-state index in [9.17, 15) is 5.11 Å². The molecule has 0 aliphatic heterocycles. The molecule has 4 aliphatic rings. The number of fused-ring (bicyclic) bond motifs is 5. The molecule has 4 saturated carbocycles. The lowest BCUT2D eigenvalue weighted by Gasteiger charge is -2.60. The Bertz CT molecular complexity index is 807. The van der Waals surface area contributed by atoms with Crippen LogP contribution in [0.5, 0.6) is 0 Å². The van der Waals surface area contributed by atoms with Crippen LogP contribution >= 0.6 is 0 Å². The van der Waals surface area contributed by atoms with Gasteiger partial charge in [0.05, 0.1) is 18.2 Å². The zero-order valence-electron chi connectivity index (χ0n) is 18.8. The second kappa shape index (κ2) is 7.61. The van der Waals surface area contributed by atoms with Crippen LogP contribution in [0.3, 0.4) is 0 Å². The van der Waals surface area contributed by atoms with E-state index in [1.54, 1.807) is 0 Å². The molecule has 0 radical (unpaired) electrons. The summed E-state index contributed by atoms with van der Waals surface area (Å²) in [6.45, 7) is 7.25. The van der Waals surface area contributed by atoms with Crippen molar-refractivity contribution in [2.24, 2.45) is 39.7 Å². The van der Waals surface area contributed by atoms with Crippen molar-refractivity contribution in [1.82, 2.24) is 10.1 Å². The summed E-state index contributed by atoms with van der Waals surface area (Å²) in [7, 11) is 0. The van der Waals surface area contributed by atoms with E-state index >= 15 is 0 Å². The van der Waals surface area contributed by atoms with Crippen molar-refractivity contribution in [1.29, 1.82) is 0 Å². The van der Waals surface area contributed by atoms with E-state index in [4.69, 9.17) is 9.36 Å². The fourth-order valence-corrected chi connectivity index (χ4v) is 7.83. The first kappa shape index (κ1) is 20.5. The molecule has 0 amide bonds. The van der Waals surface area contributed by atoms with Gasteiger partial charge in [-0.15, -0.1) is 0 Å². The normalized spacial score (nSPS) is 44.4. The van der Waals surface area contributed by atoms with E-state index < -0.39 is 0 Å². The zero-order valence-corrected chi connectivity index (χ0v) is 18.8. The molecule has 7 atom stereocenters. The summed E-state index contributed by atoms with van der Waals surface area (Å²) in [5.74, 6) is 4.37. The molecule has 0 aromatic carbocycles. The molecule has 1 heterocycles. The summed E-state index contributed by atoms with van der Waals surface area (Å²) in [5.41, 5.74) is 1.84. The first-order valence-electron chi connectivity index (χ1n) is 12.0. The van der Waals surface area contributed by atoms with Gasteiger partial charge in [-0.25, -0.2) is 0 Å². The molecule has 1 aromatic rings. The van der Waals surface area contributed by atoms with E-state index in [-0.39, 0.29) is 11.5 Å². The molecule has 0 spiro atoms. The second-order valence-electron chi connectivity index (χ2n) is 11.0. The van der Waals surface area contributed by atoms with Crippen molar-refractivity contribution in [3.63, 3.8) is 0 Å². The molecule has 6 nitrogen and oxygen atoms in total. The van der Waals surface area contributed by atoms with Gasteiger partial charge < -0.3 is 14.5 Å². The molecule has 5 rings (SSSR count). The quantitative estimate of drug-likeness (QED) is 0.570. The Morgan fingerprint density at radius 3 is 2.73 bits per heavy atom. The smallest absolute Gasteiger partial charge is 0.230 e. The number of hydrogen-bond acceptors (Lipinski definition) is 6. The van der Waals surface area contributed by atoms with Gasteiger partial charge in [-0.05, 0) is 99.2 Å². The van der Waals surface area contributed by atoms with Crippen LogP contribution in [0, 0.1) is 41.4 Å². The third-order valence-electron chi connectivity index (χ3n) is 9.62. The van der Waals surface area contributed by atoms with Crippen LogP contribution in [0.15, 0.2) is 9.68 Å². The van der Waals surface area contributed by atoms with Crippen LogP contribution in [-0.2, 0) is 11.3 Å². The number of aryl methyl sites for hydroxylation is 1. The standard InChI is InChI=1S/C24H37N3O3/c1-15-25-22(30-26-15)10-13-29-27-17-8-11-23(2)16(14-17)4-5-18-19-6-7-21(28)24(19,3)12-9-20(18)23/h16,18-21,28H,4-14H2,1-3H3/t16?,18?,19?,20-,21?,23?,24?/m0/s1. The number of oxime groups is 1. The molecule has 30 heavy (non-hydrogen) atoms. The van der Waals surface area contributed by atoms with Gasteiger partial charge in [0.2, 0.25) is 5.89 Å². The summed E-state index contributed by atoms with van der Waals surface area (Å²) in [6, 6.07) is 0. The highest BCUT2D eigenvalue weighted by Gasteiger charge is 2.59. The summed E-state index contributed by atoms with van der Waals surface area (Å²) >= 11 is 0. The third-order valence-corrected chi connectivity index (χ3v) is 9.62. The molecular weight excluding hydrogens is 378 g/mol. The molecule has 166 valence electrons. The Labute approximate surface area is 179 Å². The minimum absolute atomic E-state index is 0.0766. The highest BCUT2D eigenvalue weighted by molar-refractivity contribution is 5.85. The average molecular weight is 416 g/mol. The first-order chi connectivity index (χ1) is 14.4. The van der Waals surface area contributed by atoms with E-state index in [0.29, 0.717) is 30.2 Å². The SMILES string of the molecule is Cc1noc(CCON=C2CCC3(C)C(CCC4C5CCC(O)C5(C)CC[C@@H]43)C2)n1. The lowest BCUT2D eigenvalue weighted by molar-refractivity contribution is -0.112. The second-order valence-corrected chi connectivity index (χ2v) is 11.0. The first-order valence-corrected chi connectivity index (χ1v) is 12.0. The number of aliphatic hydroxyl groups is 1. The maximum atomic E-state index is 10.6. The van der Waals surface area contributed by atoms with Crippen molar-refractivity contribution >= 4 is 5.71 Å². The third kappa shape index (κ3) is 3.30. The van der Waals surface area contributed by atoms with E-state index in [0.717, 1.165) is 42.9 Å². The minimum Gasteiger partial charge on any atom is -0.395 e. The zero-order chi connectivity index (χ0) is 20.9. The molecule has 6 unspecified atom stereocenters. The van der Waals surface area contributed by atoms with Gasteiger partial charge >= 0.3 is 0 Å². The van der Waals surface area contributed by atoms with Gasteiger partial charge in [0.25, 0.3) is 0 Å². The highest BCUT2D eigenvalue weighted by atomic mass is 16.6. The van der Waals surface area contributed by atoms with Gasteiger partial charge in [0, 0.05) is 0 Å². The maximum absolute atomic E-state index is 10.6. The highest BCUT2D eigenvalue weighted by Crippen LogP contribution is 2.65. The summed E-state index contributed by atoms with van der Waals surface area (Å²) in [6.07, 6.45) is 11.3. The van der Waals surface area contributed by atoms with Gasteiger partial charge in [-0.2, -0.15) is 4.98 Å². The van der Waals surface area contributed by atoms with E-state index in [2.05, 4.69) is 29.1 Å². The van der Waals surface area contributed by atoms with Crippen LogP contribution in [0.1, 0.15) is 83.3 Å². The number of hydrogen-bond donors (Lipinski definition) is 1. The van der Waals surface area contributed by atoms with Crippen molar-refractivity contribution in [3.05, 3.63) is 11.7 Å². The number of aromatic nitrogens is 2. The van der Waals surface area contributed by atoms with Gasteiger partial charge in [-0.1, -0.05) is 24.2 Å². The Kier molecular flexibility index (Phi) is 5.19. The molecule has 0 bridgehead atoms. The van der Waals surface area contributed by atoms with Crippen LogP contribution in [0.2, 0.25) is 0 Å². The largest absolute Gasteiger partial charge is 0.395 e. The van der Waals surface area contributed by atoms with Gasteiger partial charge in [0.1, 0.15) is 6.61 Å². The molecule has 6 heteroatoms. The van der Waals surface area contributed by atoms with Crippen molar-refractivity contribution in [2.75, 3.05) is 6.61 Å². The Morgan fingerprint density at radius 1 is 1.10 bits per heavy atom. The monoisotopic (exact) mass is 415 g/mol. The topological polar surface area (TPSA) is 80.7 Å². The number of rotatable bonds is 4. The molecular formula is C24H37N3O3. The average Bonchev–Trinajstić information content (AvgIpc) is 3.28. The van der Waals surface area contributed by atoms with Crippen LogP contribution in [0.25, 0.3) is 0 Å². The predicted octanol–water partition coefficient (Wildman–Crippen LogP) is 4.70. The van der Waals surface area contributed by atoms with Crippen LogP contribution in [-0.4, -0.2) is 33.7 Å². The molecule has 0 saturated heterocycles. The van der Waals surface area contributed by atoms with Crippen molar-refractivity contribution < 1.29 is 14.5 Å². The van der Waals surface area contributed by atoms with E-state index in [1.807, 2.05) is 6.92 Å². The summed E-state index contributed by atoms with van der Waals surface area (Å²) in [5, 5.41) is 18.9. The number of nitrogens with zero attached hydrogens (tertiary/aromatic N) is 3. The minimum atomic E-state index is -0.0766. The van der Waals surface area contributed by atoms with Gasteiger partial charge in [-0.3, -0.25) is 0 Å². The molecule has 4 aliphatic carbocycles. The van der Waals surface area contributed by atoms with Crippen molar-refractivity contribution in [3.8, 4) is 0 Å². The van der Waals surface area contributed by atoms with Crippen LogP contribution < -0.4 is 0 Å². The lowest BCUT2D eigenvalue weighted by atomic mass is 9.45. The Balaban J connectivity index is 1.21. The Hall–Kier alpha value is -1.43. The molecule has 1 aromatic heterocycles. The maximum Gasteiger partial charge on any atom is 0.230 e. The fourth-order valence-electron chi connectivity index (χ4n) is 7.83. The lowest BCUT2D eigenvalue weighted by Crippen LogP contribution is -2.54. The fraction of sp³-hybridized carbons (Fsp3) is 0.875. The van der Waals surface area contributed by atoms with Gasteiger partial charge in [0.15, 0.2) is 5.82 Å². The summed E-state index contributed by atoms with van der Waals surface area (Å²) < 4.78 is 5.13. The summed E-state index contributed by atoms with van der Waals surface area (Å²) in [4.78, 5) is 9.83. The van der Waals surface area contributed by atoms with E-state index in [1.165, 1.54) is 44.2 Å². The Morgan fingerprint density at radius 2 is 1.93 bits per heavy atom. The predicted molar refractivity (Wildman–Crippen MR) is 114 cm³/mol.